The molecule has 0 bridgehead atoms. The van der Waals surface area contributed by atoms with Crippen LogP contribution in [0.1, 0.15) is 47.2 Å². The first-order chi connectivity index (χ1) is 18.6. The van der Waals surface area contributed by atoms with E-state index in [1.54, 1.807) is 26.4 Å². The van der Waals surface area contributed by atoms with Gasteiger partial charge in [0.1, 0.15) is 11.5 Å². The molecule has 0 spiro atoms. The van der Waals surface area contributed by atoms with Gasteiger partial charge in [0.05, 0.1) is 14.2 Å². The van der Waals surface area contributed by atoms with Crippen LogP contribution in [0.25, 0.3) is 11.1 Å². The van der Waals surface area contributed by atoms with Crippen molar-refractivity contribution in [2.75, 3.05) is 37.2 Å². The van der Waals surface area contributed by atoms with E-state index in [0.717, 1.165) is 41.8 Å². The summed E-state index contributed by atoms with van der Waals surface area (Å²) in [6.45, 7) is 8.47. The Morgan fingerprint density at radius 1 is 0.564 bits per heavy atom. The highest BCUT2D eigenvalue weighted by Crippen LogP contribution is 2.38. The largest absolute Gasteiger partial charge is 0.496 e. The molecular weight excluding hydrogens is 484 g/mol. The molecule has 6 heteroatoms. The maximum Gasteiger partial charge on any atom is 0.128 e. The van der Waals surface area contributed by atoms with Crippen LogP contribution in [0.4, 0.5) is 22.7 Å². The molecule has 0 radical (unpaired) electrons. The van der Waals surface area contributed by atoms with Crippen LogP contribution in [0.15, 0.2) is 60.7 Å². The van der Waals surface area contributed by atoms with Crippen molar-refractivity contribution in [3.8, 4) is 22.6 Å². The Kier molecular flexibility index (Phi) is 9.72. The molecule has 0 fully saturated rings. The van der Waals surface area contributed by atoms with Gasteiger partial charge in [-0.15, -0.1) is 0 Å². The van der Waals surface area contributed by atoms with Crippen LogP contribution < -0.4 is 32.4 Å². The summed E-state index contributed by atoms with van der Waals surface area (Å²) in [5.74, 6) is 1.41. The van der Waals surface area contributed by atoms with Gasteiger partial charge >= 0.3 is 0 Å². The number of methoxy groups -OCH3 is 2. The number of hydrogen-bond acceptors (Lipinski definition) is 6. The molecule has 0 aliphatic rings. The van der Waals surface area contributed by atoms with E-state index < -0.39 is 0 Å². The lowest BCUT2D eigenvalue weighted by Gasteiger charge is -2.13. The van der Waals surface area contributed by atoms with E-state index in [9.17, 15) is 0 Å². The maximum atomic E-state index is 6.13. The summed E-state index contributed by atoms with van der Waals surface area (Å²) in [4.78, 5) is 0. The van der Waals surface area contributed by atoms with Gasteiger partial charge in [-0.25, -0.2) is 0 Å². The van der Waals surface area contributed by atoms with E-state index >= 15 is 0 Å². The first-order valence-electron chi connectivity index (χ1n) is 13.2. The lowest BCUT2D eigenvalue weighted by molar-refractivity contribution is 0.410. The molecule has 0 saturated carbocycles. The second-order valence-electron chi connectivity index (χ2n) is 9.77. The minimum absolute atomic E-state index is 0.657. The third-order valence-corrected chi connectivity index (χ3v) is 6.98. The van der Waals surface area contributed by atoms with Gasteiger partial charge < -0.3 is 32.4 Å². The zero-order valence-corrected chi connectivity index (χ0v) is 24.0. The third kappa shape index (κ3) is 6.96. The molecule has 0 unspecified atom stereocenters. The molecule has 0 heterocycles. The van der Waals surface area contributed by atoms with Gasteiger partial charge in [0, 0.05) is 46.0 Å². The highest BCUT2D eigenvalue weighted by atomic mass is 16.5. The molecule has 8 N–H and O–H groups in total. The lowest BCUT2D eigenvalue weighted by atomic mass is 9.94. The van der Waals surface area contributed by atoms with Gasteiger partial charge in [0.2, 0.25) is 0 Å². The summed E-state index contributed by atoms with van der Waals surface area (Å²) in [7, 11) is 3.23. The standard InChI is InChI=1S/C19H26N2.C14H16N2O2/c1-5-16-10-14(7-12(3)18(16)20)9-15-8-13(4)19(21)17(6-2)11-15;1-17-13-7-9(15)3-5-11(13)12-6-4-10(16)8-14(12)18-2/h7-8,10-11H,5-6,9,20-21H2,1-4H3;3-8H,15-16H2,1-2H3. The molecule has 0 aliphatic heterocycles. The van der Waals surface area contributed by atoms with E-state index in [2.05, 4.69) is 52.0 Å². The van der Waals surface area contributed by atoms with E-state index in [4.69, 9.17) is 32.4 Å². The summed E-state index contributed by atoms with van der Waals surface area (Å²) in [5.41, 5.74) is 36.3. The second kappa shape index (κ2) is 13.0. The Labute approximate surface area is 232 Å². The summed E-state index contributed by atoms with van der Waals surface area (Å²) in [6.07, 6.45) is 2.88. The highest BCUT2D eigenvalue weighted by Gasteiger charge is 2.12. The lowest BCUT2D eigenvalue weighted by Crippen LogP contribution is -2.02. The van der Waals surface area contributed by atoms with Crippen LogP contribution in [0, 0.1) is 13.8 Å². The Hall–Kier alpha value is -4.32. The fourth-order valence-corrected chi connectivity index (χ4v) is 4.79. The average molecular weight is 527 g/mol. The zero-order chi connectivity index (χ0) is 28.7. The summed E-state index contributed by atoms with van der Waals surface area (Å²) < 4.78 is 10.7. The molecule has 4 aromatic carbocycles. The van der Waals surface area contributed by atoms with Crippen molar-refractivity contribution in [1.29, 1.82) is 0 Å². The first kappa shape index (κ1) is 29.2. The van der Waals surface area contributed by atoms with Gasteiger partial charge in [-0.05, 0) is 90.8 Å². The summed E-state index contributed by atoms with van der Waals surface area (Å²) >= 11 is 0. The van der Waals surface area contributed by atoms with E-state index in [1.807, 2.05) is 24.3 Å². The number of ether oxygens (including phenoxy) is 2. The zero-order valence-electron chi connectivity index (χ0n) is 24.0. The van der Waals surface area contributed by atoms with Crippen molar-refractivity contribution in [3.63, 3.8) is 0 Å². The number of aryl methyl sites for hydroxylation is 4. The molecule has 0 amide bonds. The highest BCUT2D eigenvalue weighted by molar-refractivity contribution is 5.79. The number of hydrogen-bond donors (Lipinski definition) is 4. The Morgan fingerprint density at radius 2 is 0.949 bits per heavy atom. The average Bonchev–Trinajstić information content (AvgIpc) is 2.92. The quantitative estimate of drug-likeness (QED) is 0.198. The van der Waals surface area contributed by atoms with Crippen molar-refractivity contribution in [2.24, 2.45) is 0 Å². The predicted octanol–water partition coefficient (Wildman–Crippen LogP) is 6.72. The van der Waals surface area contributed by atoms with Gasteiger partial charge in [0.15, 0.2) is 0 Å². The molecule has 0 saturated heterocycles. The van der Waals surface area contributed by atoms with Crippen LogP contribution in [0.3, 0.4) is 0 Å². The van der Waals surface area contributed by atoms with Crippen molar-refractivity contribution in [2.45, 2.75) is 47.0 Å². The topological polar surface area (TPSA) is 123 Å². The molecule has 206 valence electrons. The van der Waals surface area contributed by atoms with Crippen molar-refractivity contribution in [1.82, 2.24) is 0 Å². The second-order valence-corrected chi connectivity index (χ2v) is 9.77. The minimum Gasteiger partial charge on any atom is -0.496 e. The van der Waals surface area contributed by atoms with Crippen molar-refractivity contribution >= 4 is 22.7 Å². The van der Waals surface area contributed by atoms with Crippen LogP contribution in [0.5, 0.6) is 11.5 Å². The normalized spacial score (nSPS) is 10.5. The molecular formula is C33H42N4O2. The number of nitrogens with two attached hydrogens (primary N) is 4. The van der Waals surface area contributed by atoms with E-state index in [1.165, 1.54) is 33.4 Å². The maximum absolute atomic E-state index is 6.13. The number of nitrogen functional groups attached to an aromatic ring is 4. The number of benzene rings is 4. The Morgan fingerprint density at radius 3 is 1.28 bits per heavy atom. The third-order valence-electron chi connectivity index (χ3n) is 6.98. The predicted molar refractivity (Wildman–Crippen MR) is 167 cm³/mol. The molecule has 0 atom stereocenters. The molecule has 0 aromatic heterocycles. The van der Waals surface area contributed by atoms with Crippen LogP contribution >= 0.6 is 0 Å². The first-order valence-corrected chi connectivity index (χ1v) is 13.2. The summed E-state index contributed by atoms with van der Waals surface area (Å²) in [5, 5.41) is 0. The smallest absolute Gasteiger partial charge is 0.128 e. The minimum atomic E-state index is 0.657. The monoisotopic (exact) mass is 526 g/mol. The van der Waals surface area contributed by atoms with E-state index in [-0.39, 0.29) is 0 Å². The molecule has 4 rings (SSSR count). The Bertz CT molecular complexity index is 1340. The van der Waals surface area contributed by atoms with Crippen LogP contribution in [-0.2, 0) is 19.3 Å². The molecule has 39 heavy (non-hydrogen) atoms. The van der Waals surface area contributed by atoms with Gasteiger partial charge in [-0.1, -0.05) is 38.1 Å². The summed E-state index contributed by atoms with van der Waals surface area (Å²) in [6, 6.07) is 19.9. The fourth-order valence-electron chi connectivity index (χ4n) is 4.79. The molecule has 6 nitrogen and oxygen atoms in total. The van der Waals surface area contributed by atoms with E-state index in [0.29, 0.717) is 22.9 Å². The van der Waals surface area contributed by atoms with Crippen molar-refractivity contribution in [3.05, 3.63) is 94.0 Å². The van der Waals surface area contributed by atoms with Gasteiger partial charge in [-0.2, -0.15) is 0 Å². The van der Waals surface area contributed by atoms with Crippen molar-refractivity contribution < 1.29 is 9.47 Å². The number of anilines is 4. The fraction of sp³-hybridized carbons (Fsp3) is 0.273. The molecule has 0 aliphatic carbocycles. The van der Waals surface area contributed by atoms with Gasteiger partial charge in [-0.3, -0.25) is 0 Å². The SMILES string of the molecule is CCc1cc(Cc2cc(C)c(N)c(CC)c2)cc(C)c1N.COc1cc(N)ccc1-c1ccc(N)cc1OC. The van der Waals surface area contributed by atoms with Gasteiger partial charge in [0.25, 0.3) is 0 Å². The van der Waals surface area contributed by atoms with Crippen LogP contribution in [0.2, 0.25) is 0 Å². The molecule has 4 aromatic rings. The Balaban J connectivity index is 0.000000218. The number of rotatable bonds is 7. The van der Waals surface area contributed by atoms with Crippen LogP contribution in [-0.4, -0.2) is 14.2 Å².